The van der Waals surface area contributed by atoms with Crippen molar-refractivity contribution in [2.75, 3.05) is 0 Å². The number of benzene rings is 2. The molecule has 0 bridgehead atoms. The Bertz CT molecular complexity index is 3580. The number of hydrogen-bond donors (Lipinski definition) is 0. The van der Waals surface area contributed by atoms with Crippen molar-refractivity contribution in [2.24, 2.45) is 11.8 Å². The minimum atomic E-state index is -2.46. The Morgan fingerprint density at radius 1 is 0.410 bits per heavy atom. The maximum atomic E-state index is 17.5. The first kappa shape index (κ1) is 56.3. The third-order valence-corrected chi connectivity index (χ3v) is 30.8. The number of aromatic nitrogens is 4. The first-order valence-corrected chi connectivity index (χ1v) is 37.9. The lowest BCUT2D eigenvalue weighted by molar-refractivity contribution is 0.469. The van der Waals surface area contributed by atoms with E-state index >= 15 is 4.39 Å². The molecule has 8 aromatic heterocycles. The van der Waals surface area contributed by atoms with Gasteiger partial charge in [0.2, 0.25) is 0 Å². The minimum absolute atomic E-state index is 0.206. The predicted molar refractivity (Wildman–Crippen MR) is 351 cm³/mol. The second-order valence-corrected chi connectivity index (χ2v) is 33.6. The van der Waals surface area contributed by atoms with Gasteiger partial charge in [-0.15, -0.1) is 68.0 Å². The van der Waals surface area contributed by atoms with Gasteiger partial charge >= 0.3 is 0 Å². The van der Waals surface area contributed by atoms with E-state index in [0.29, 0.717) is 22.9 Å². The summed E-state index contributed by atoms with van der Waals surface area (Å²) >= 11 is 13.8. The van der Waals surface area contributed by atoms with E-state index < -0.39 is 8.07 Å². The van der Waals surface area contributed by atoms with E-state index in [-0.39, 0.29) is 5.82 Å². The fourth-order valence-electron chi connectivity index (χ4n) is 12.2. The lowest BCUT2D eigenvalue weighted by Gasteiger charge is -2.35. The highest BCUT2D eigenvalue weighted by Crippen LogP contribution is 2.52. The van der Waals surface area contributed by atoms with Crippen LogP contribution in [0.15, 0.2) is 78.9 Å². The molecule has 0 radical (unpaired) electrons. The van der Waals surface area contributed by atoms with Crippen molar-refractivity contribution in [3.8, 4) is 71.0 Å². The molecule has 1 aliphatic heterocycles. The second kappa shape index (κ2) is 25.7. The van der Waals surface area contributed by atoms with Crippen LogP contribution in [0.1, 0.15) is 154 Å². The summed E-state index contributed by atoms with van der Waals surface area (Å²) in [4.78, 5) is 15.4. The summed E-state index contributed by atoms with van der Waals surface area (Å²) in [6.07, 6.45) is 22.4. The molecule has 0 fully saturated rings. The zero-order chi connectivity index (χ0) is 53.8. The van der Waals surface area contributed by atoms with E-state index in [9.17, 15) is 0 Å². The van der Waals surface area contributed by atoms with Gasteiger partial charge in [0.15, 0.2) is 0 Å². The van der Waals surface area contributed by atoms with Crippen molar-refractivity contribution in [3.05, 3.63) is 94.4 Å². The Balaban J connectivity index is 0.979. The smallest absolute Gasteiger partial charge is 0.134 e. The standard InChI is InChI=1S/C64H73FN4S8Si/c1-7-13-17-19-23-42-25-29-50(70-42)52-33-31-48(72-52)44-27-28-45(60-59(44)66-76-67-60)54-36-56-63(74-54)64-57(78(56,38-40(11-5)21-15-9-3)39-41(12-6)22-16-10-4)37-55(75-64)58-47(65)35-46(61-62(58)69-77-68-61)49-32-34-53(73-49)51-30-26-43(71-51)24-20-18-14-8-2/h25-37,40-41H,7-24,38-39H2,1-6H3. The largest absolute Gasteiger partial charge is 0.206 e. The van der Waals surface area contributed by atoms with Crippen LogP contribution in [0, 0.1) is 17.7 Å². The van der Waals surface area contributed by atoms with Crippen molar-refractivity contribution in [2.45, 2.75) is 169 Å². The molecule has 1 aliphatic rings. The summed E-state index contributed by atoms with van der Waals surface area (Å²) in [6, 6.07) is 32.2. The lowest BCUT2D eigenvalue weighted by atomic mass is 10.0. The average Bonchev–Trinajstić information content (AvgIpc) is 4.40. The van der Waals surface area contributed by atoms with E-state index in [1.54, 1.807) is 27.8 Å². The average molecular weight is 1200 g/mol. The van der Waals surface area contributed by atoms with Crippen molar-refractivity contribution in [1.29, 1.82) is 0 Å². The van der Waals surface area contributed by atoms with Crippen LogP contribution < -0.4 is 10.4 Å². The quantitative estimate of drug-likeness (QED) is 0.0362. The summed E-state index contributed by atoms with van der Waals surface area (Å²) in [6.45, 7) is 14.1. The maximum absolute atomic E-state index is 17.5. The van der Waals surface area contributed by atoms with Crippen LogP contribution in [0.2, 0.25) is 12.1 Å². The molecule has 78 heavy (non-hydrogen) atoms. The molecule has 14 heteroatoms. The van der Waals surface area contributed by atoms with Gasteiger partial charge < -0.3 is 0 Å². The Labute approximate surface area is 496 Å². The van der Waals surface area contributed by atoms with Gasteiger partial charge in [0.1, 0.15) is 36.0 Å². The Morgan fingerprint density at radius 2 is 0.846 bits per heavy atom. The fourth-order valence-corrected chi connectivity index (χ4v) is 28.1. The van der Waals surface area contributed by atoms with Gasteiger partial charge in [-0.25, -0.2) is 4.39 Å². The number of unbranched alkanes of at least 4 members (excludes halogenated alkanes) is 8. The molecule has 2 unspecified atom stereocenters. The predicted octanol–water partition coefficient (Wildman–Crippen LogP) is 22.4. The van der Waals surface area contributed by atoms with Crippen LogP contribution in [-0.2, 0) is 12.8 Å². The number of halogens is 1. The Morgan fingerprint density at radius 3 is 1.37 bits per heavy atom. The number of nitrogens with zero attached hydrogens (tertiary/aromatic N) is 4. The van der Waals surface area contributed by atoms with Crippen LogP contribution in [0.3, 0.4) is 0 Å². The highest BCUT2D eigenvalue weighted by molar-refractivity contribution is 7.32. The van der Waals surface area contributed by atoms with Crippen LogP contribution in [0.25, 0.3) is 93.1 Å². The van der Waals surface area contributed by atoms with E-state index in [0.717, 1.165) is 43.9 Å². The number of thiophene rings is 6. The van der Waals surface area contributed by atoms with Crippen LogP contribution in [0.4, 0.5) is 4.39 Å². The summed E-state index contributed by atoms with van der Waals surface area (Å²) < 4.78 is 37.5. The lowest BCUT2D eigenvalue weighted by Crippen LogP contribution is -2.56. The molecule has 4 nitrogen and oxygen atoms in total. The van der Waals surface area contributed by atoms with Crippen LogP contribution >= 0.6 is 91.5 Å². The molecule has 0 saturated carbocycles. The molecule has 408 valence electrons. The Hall–Kier alpha value is -3.57. The molecule has 0 spiro atoms. The SMILES string of the molecule is CCCCCCc1ccc(-c2ccc(-c3ccc(-c4cc5c(s4)-c4sc(-c6c(F)cc(-c7ccc(-c8ccc(CCCCCC)s8)s7)c7nsnc67)cc4[Si]5(CC(CC)CCCC)CC(CC)CCCC)c4nsnc34)s2)s1. The summed E-state index contributed by atoms with van der Waals surface area (Å²) in [7, 11) is -2.46. The third kappa shape index (κ3) is 11.5. The van der Waals surface area contributed by atoms with Crippen LogP contribution in [-0.4, -0.2) is 25.6 Å². The van der Waals surface area contributed by atoms with E-state index in [2.05, 4.69) is 114 Å². The molecular formula is C64H73FN4S8Si. The Kier molecular flexibility index (Phi) is 18.5. The van der Waals surface area contributed by atoms with Gasteiger partial charge in [-0.1, -0.05) is 144 Å². The number of rotatable bonds is 28. The fraction of sp³-hybridized carbons (Fsp3) is 0.438. The van der Waals surface area contributed by atoms with Crippen molar-refractivity contribution in [1.82, 2.24) is 17.5 Å². The van der Waals surface area contributed by atoms with E-state index in [1.807, 2.05) is 56.7 Å². The van der Waals surface area contributed by atoms with Gasteiger partial charge in [-0.3, -0.25) is 0 Å². The first-order chi connectivity index (χ1) is 38.3. The van der Waals surface area contributed by atoms with Crippen molar-refractivity contribution >= 4 is 132 Å². The zero-order valence-corrected chi connectivity index (χ0v) is 53.8. The molecule has 0 N–H and O–H groups in total. The third-order valence-electron chi connectivity index (χ3n) is 16.6. The number of fused-ring (bicyclic) bond motifs is 5. The first-order valence-electron chi connectivity index (χ1n) is 29.2. The normalized spacial score (nSPS) is 15.1. The van der Waals surface area contributed by atoms with Crippen molar-refractivity contribution < 1.29 is 4.39 Å². The molecule has 0 saturated heterocycles. The van der Waals surface area contributed by atoms with E-state index in [4.69, 9.17) is 17.5 Å². The van der Waals surface area contributed by atoms with Gasteiger partial charge in [0, 0.05) is 75.2 Å². The molecule has 11 rings (SSSR count). The molecule has 9 heterocycles. The van der Waals surface area contributed by atoms with Gasteiger partial charge in [-0.2, -0.15) is 17.5 Å². The zero-order valence-electron chi connectivity index (χ0n) is 46.2. The molecule has 2 atom stereocenters. The monoisotopic (exact) mass is 1200 g/mol. The van der Waals surface area contributed by atoms with Gasteiger partial charge in [0.25, 0.3) is 0 Å². The molecule has 10 aromatic rings. The summed E-state index contributed by atoms with van der Waals surface area (Å²) in [5.41, 5.74) is 7.28. The molecule has 0 amide bonds. The summed E-state index contributed by atoms with van der Waals surface area (Å²) in [5, 5.41) is 3.16. The highest BCUT2D eigenvalue weighted by atomic mass is 32.1. The number of hydrogen-bond acceptors (Lipinski definition) is 12. The van der Waals surface area contributed by atoms with Gasteiger partial charge in [0.05, 0.1) is 29.0 Å². The molecule has 2 aromatic carbocycles. The molecule has 0 aliphatic carbocycles. The highest BCUT2D eigenvalue weighted by Gasteiger charge is 2.50. The topological polar surface area (TPSA) is 51.6 Å². The second-order valence-electron chi connectivity index (χ2n) is 21.9. The maximum Gasteiger partial charge on any atom is 0.134 e. The molecular weight excluding hydrogens is 1130 g/mol. The van der Waals surface area contributed by atoms with Crippen molar-refractivity contribution in [3.63, 3.8) is 0 Å². The van der Waals surface area contributed by atoms with E-state index in [1.165, 1.54) is 199 Å². The van der Waals surface area contributed by atoms with Crippen LogP contribution in [0.5, 0.6) is 0 Å². The van der Waals surface area contributed by atoms with Gasteiger partial charge in [-0.05, 0) is 127 Å². The minimum Gasteiger partial charge on any atom is -0.206 e. The number of aryl methyl sites for hydroxylation is 2. The summed E-state index contributed by atoms with van der Waals surface area (Å²) in [5.74, 6) is 1.06.